The van der Waals surface area contributed by atoms with Crippen LogP contribution in [0.4, 0.5) is 0 Å². The molecular formula is C27H26BrNO2. The van der Waals surface area contributed by atoms with E-state index in [1.165, 1.54) is 5.56 Å². The summed E-state index contributed by atoms with van der Waals surface area (Å²) in [4.78, 5) is 4.90. The van der Waals surface area contributed by atoms with Crippen LogP contribution in [0.25, 0.3) is 10.9 Å². The first kappa shape index (κ1) is 21.5. The third-order valence-electron chi connectivity index (χ3n) is 5.66. The van der Waals surface area contributed by atoms with Crippen molar-refractivity contribution >= 4 is 26.8 Å². The Morgan fingerprint density at radius 2 is 1.65 bits per heavy atom. The van der Waals surface area contributed by atoms with Gasteiger partial charge in [-0.1, -0.05) is 89.9 Å². The molecule has 0 aliphatic rings. The number of benzene rings is 3. The van der Waals surface area contributed by atoms with Crippen LogP contribution >= 0.6 is 15.9 Å². The van der Waals surface area contributed by atoms with Gasteiger partial charge in [0.25, 0.3) is 0 Å². The zero-order chi connectivity index (χ0) is 21.8. The number of halogens is 1. The Bertz CT molecular complexity index is 1180. The fourth-order valence-corrected chi connectivity index (χ4v) is 4.70. The highest BCUT2D eigenvalue weighted by Gasteiger charge is 2.33. The molecule has 31 heavy (non-hydrogen) atoms. The van der Waals surface area contributed by atoms with Gasteiger partial charge in [-0.25, -0.2) is 4.98 Å². The molecule has 1 heterocycles. The summed E-state index contributed by atoms with van der Waals surface area (Å²) in [6, 6.07) is 26.3. The number of hydrogen-bond acceptors (Lipinski definition) is 3. The summed E-state index contributed by atoms with van der Waals surface area (Å²) in [5.74, 6) is 0.590. The van der Waals surface area contributed by atoms with Crippen molar-refractivity contribution in [2.75, 3.05) is 7.11 Å². The number of rotatable bonds is 7. The molecule has 0 fully saturated rings. The number of pyridine rings is 1. The van der Waals surface area contributed by atoms with Crippen molar-refractivity contribution in [2.45, 2.75) is 31.8 Å². The Balaban J connectivity index is 1.92. The van der Waals surface area contributed by atoms with E-state index in [1.807, 2.05) is 54.6 Å². The Kier molecular flexibility index (Phi) is 6.40. The van der Waals surface area contributed by atoms with E-state index in [9.17, 15) is 5.11 Å². The third kappa shape index (κ3) is 4.36. The van der Waals surface area contributed by atoms with Gasteiger partial charge in [0.05, 0.1) is 12.6 Å². The molecule has 1 atom stereocenters. The molecule has 4 heteroatoms. The summed E-state index contributed by atoms with van der Waals surface area (Å²) in [6.45, 7) is 2.08. The molecule has 0 amide bonds. The van der Waals surface area contributed by atoms with Crippen LogP contribution in [0, 0.1) is 0 Å². The fourth-order valence-electron chi connectivity index (χ4n) is 4.22. The van der Waals surface area contributed by atoms with Crippen molar-refractivity contribution in [3.8, 4) is 5.88 Å². The molecule has 4 aromatic rings. The molecule has 3 nitrogen and oxygen atoms in total. The molecule has 1 aromatic heterocycles. The molecular weight excluding hydrogens is 450 g/mol. The molecule has 0 aliphatic heterocycles. The van der Waals surface area contributed by atoms with Crippen LogP contribution in [-0.2, 0) is 12.0 Å². The van der Waals surface area contributed by atoms with Crippen molar-refractivity contribution in [3.63, 3.8) is 0 Å². The minimum Gasteiger partial charge on any atom is -0.481 e. The van der Waals surface area contributed by atoms with E-state index < -0.39 is 5.60 Å². The lowest BCUT2D eigenvalue weighted by molar-refractivity contribution is 0.0714. The minimum absolute atomic E-state index is 0.590. The van der Waals surface area contributed by atoms with E-state index in [0.29, 0.717) is 12.3 Å². The summed E-state index contributed by atoms with van der Waals surface area (Å²) in [6.07, 6.45) is 2.16. The molecule has 0 radical (unpaired) electrons. The number of methoxy groups -OCH3 is 1. The molecule has 3 aromatic carbocycles. The summed E-state index contributed by atoms with van der Waals surface area (Å²) in [7, 11) is 1.65. The third-order valence-corrected chi connectivity index (χ3v) is 6.12. The van der Waals surface area contributed by atoms with Gasteiger partial charge in [-0.15, -0.1) is 0 Å². The van der Waals surface area contributed by atoms with Gasteiger partial charge in [0, 0.05) is 27.4 Å². The Hall–Kier alpha value is -2.69. The molecule has 158 valence electrons. The van der Waals surface area contributed by atoms with Gasteiger partial charge in [-0.2, -0.15) is 0 Å². The maximum atomic E-state index is 11.9. The van der Waals surface area contributed by atoms with Crippen molar-refractivity contribution in [1.82, 2.24) is 4.98 Å². The quantitative estimate of drug-likeness (QED) is 0.326. The fraction of sp³-hybridized carbons (Fsp3) is 0.222. The van der Waals surface area contributed by atoms with E-state index in [0.717, 1.165) is 44.9 Å². The van der Waals surface area contributed by atoms with E-state index in [2.05, 4.69) is 47.1 Å². The number of fused-ring (bicyclic) bond motifs is 1. The van der Waals surface area contributed by atoms with Crippen LogP contribution in [0.3, 0.4) is 0 Å². The minimum atomic E-state index is -1.14. The molecule has 0 spiro atoms. The van der Waals surface area contributed by atoms with Gasteiger partial charge in [0.15, 0.2) is 0 Å². The second-order valence-corrected chi connectivity index (χ2v) is 8.74. The molecule has 0 saturated heterocycles. The molecule has 0 bridgehead atoms. The zero-order valence-electron chi connectivity index (χ0n) is 17.8. The molecule has 1 N–H and O–H groups in total. The van der Waals surface area contributed by atoms with Gasteiger partial charge in [-0.05, 0) is 35.7 Å². The predicted octanol–water partition coefficient (Wildman–Crippen LogP) is 6.63. The van der Waals surface area contributed by atoms with E-state index >= 15 is 0 Å². The highest BCUT2D eigenvalue weighted by molar-refractivity contribution is 9.10. The number of hydrogen-bond donors (Lipinski definition) is 1. The van der Waals surface area contributed by atoms with Crippen LogP contribution < -0.4 is 4.74 Å². The number of aromatic nitrogens is 1. The van der Waals surface area contributed by atoms with Crippen LogP contribution in [0.1, 0.15) is 42.0 Å². The van der Waals surface area contributed by atoms with Crippen molar-refractivity contribution < 1.29 is 9.84 Å². The number of aliphatic hydroxyl groups is 1. The first-order valence-corrected chi connectivity index (χ1v) is 11.3. The Morgan fingerprint density at radius 1 is 0.968 bits per heavy atom. The predicted molar refractivity (Wildman–Crippen MR) is 130 cm³/mol. The van der Waals surface area contributed by atoms with Crippen LogP contribution in [0.2, 0.25) is 0 Å². The SMILES string of the molecule is CCCC(O)(c1ccccc1)c1cc(Br)cc2cc(Cc3ccccc3)c(OC)nc12. The van der Waals surface area contributed by atoms with Crippen molar-refractivity contribution in [1.29, 1.82) is 0 Å². The summed E-state index contributed by atoms with van der Waals surface area (Å²) in [5.41, 5.74) is 3.49. The molecule has 4 rings (SSSR count). The Labute approximate surface area is 191 Å². The smallest absolute Gasteiger partial charge is 0.217 e. The lowest BCUT2D eigenvalue weighted by Gasteiger charge is -2.30. The normalized spacial score (nSPS) is 13.2. The van der Waals surface area contributed by atoms with Crippen molar-refractivity contribution in [2.24, 2.45) is 0 Å². The largest absolute Gasteiger partial charge is 0.481 e. The summed E-state index contributed by atoms with van der Waals surface area (Å²) < 4.78 is 6.60. The van der Waals surface area contributed by atoms with Gasteiger partial charge in [0.1, 0.15) is 5.60 Å². The highest BCUT2D eigenvalue weighted by Crippen LogP contribution is 2.40. The van der Waals surface area contributed by atoms with E-state index in [4.69, 9.17) is 9.72 Å². The lowest BCUT2D eigenvalue weighted by atomic mass is 9.81. The monoisotopic (exact) mass is 475 g/mol. The standard InChI is InChI=1S/C27H26BrNO2/c1-3-14-27(30,22-12-8-5-9-13-22)24-18-23(28)17-20-16-21(26(31-2)29-25(20)24)15-19-10-6-4-7-11-19/h4-13,16-18,30H,3,14-15H2,1-2H3. The van der Waals surface area contributed by atoms with Gasteiger partial charge in [0.2, 0.25) is 5.88 Å². The molecule has 0 aliphatic carbocycles. The topological polar surface area (TPSA) is 42.4 Å². The second-order valence-electron chi connectivity index (χ2n) is 7.82. The van der Waals surface area contributed by atoms with Gasteiger partial charge < -0.3 is 9.84 Å². The van der Waals surface area contributed by atoms with Crippen LogP contribution in [-0.4, -0.2) is 17.2 Å². The summed E-state index contributed by atoms with van der Waals surface area (Å²) in [5, 5.41) is 12.9. The lowest BCUT2D eigenvalue weighted by Crippen LogP contribution is -2.27. The summed E-state index contributed by atoms with van der Waals surface area (Å²) >= 11 is 3.66. The van der Waals surface area contributed by atoms with E-state index in [1.54, 1.807) is 7.11 Å². The molecule has 0 saturated carbocycles. The highest BCUT2D eigenvalue weighted by atomic mass is 79.9. The first-order chi connectivity index (χ1) is 15.0. The second kappa shape index (κ2) is 9.21. The zero-order valence-corrected chi connectivity index (χ0v) is 19.4. The van der Waals surface area contributed by atoms with E-state index in [-0.39, 0.29) is 0 Å². The van der Waals surface area contributed by atoms with Crippen LogP contribution in [0.5, 0.6) is 5.88 Å². The van der Waals surface area contributed by atoms with Crippen molar-refractivity contribution in [3.05, 3.63) is 106 Å². The first-order valence-electron chi connectivity index (χ1n) is 10.5. The average Bonchev–Trinajstić information content (AvgIpc) is 2.79. The molecule has 1 unspecified atom stereocenters. The maximum absolute atomic E-state index is 11.9. The number of ether oxygens (including phenoxy) is 1. The van der Waals surface area contributed by atoms with Gasteiger partial charge >= 0.3 is 0 Å². The maximum Gasteiger partial charge on any atom is 0.217 e. The number of nitrogens with zero attached hydrogens (tertiary/aromatic N) is 1. The Morgan fingerprint density at radius 3 is 2.29 bits per heavy atom. The van der Waals surface area contributed by atoms with Crippen LogP contribution in [0.15, 0.2) is 83.3 Å². The van der Waals surface area contributed by atoms with Gasteiger partial charge in [-0.3, -0.25) is 0 Å². The average molecular weight is 476 g/mol.